The van der Waals surface area contributed by atoms with Crippen molar-refractivity contribution in [2.24, 2.45) is 0 Å². The third-order valence-electron chi connectivity index (χ3n) is 1.40. The van der Waals surface area contributed by atoms with Gasteiger partial charge in [-0.1, -0.05) is 26.7 Å². The van der Waals surface area contributed by atoms with Crippen LogP contribution in [0.3, 0.4) is 0 Å². The quantitative estimate of drug-likeness (QED) is 0.579. The minimum absolute atomic E-state index is 0.913. The maximum absolute atomic E-state index is 4.78. The lowest BCUT2D eigenvalue weighted by Gasteiger charge is -1.89. The van der Waals surface area contributed by atoms with Crippen LogP contribution in [0.5, 0.6) is 0 Å². The van der Waals surface area contributed by atoms with Crippen LogP contribution in [0.2, 0.25) is 0 Å². The number of rotatable bonds is 6. The summed E-state index contributed by atoms with van der Waals surface area (Å²) in [6.07, 6.45) is 4.84. The molecule has 76 valence electrons. The van der Waals surface area contributed by atoms with Crippen molar-refractivity contribution in [3.05, 3.63) is 0 Å². The van der Waals surface area contributed by atoms with Gasteiger partial charge >= 0.3 is 0 Å². The number of ether oxygens (including phenoxy) is 2. The largest absolute Gasteiger partial charge is 0.385 e. The van der Waals surface area contributed by atoms with Crippen LogP contribution in [0.4, 0.5) is 0 Å². The second-order valence-electron chi connectivity index (χ2n) is 2.69. The molecule has 0 aromatic heterocycles. The Balaban J connectivity index is 0. The minimum atomic E-state index is 0.913. The highest BCUT2D eigenvalue weighted by atomic mass is 16.5. The molecule has 2 nitrogen and oxygen atoms in total. The molecule has 12 heavy (non-hydrogen) atoms. The third-order valence-corrected chi connectivity index (χ3v) is 1.40. The molecule has 0 aromatic rings. The first-order valence-corrected chi connectivity index (χ1v) is 4.81. The fraction of sp³-hybridized carbons (Fsp3) is 1.00. The Morgan fingerprint density at radius 2 is 1.08 bits per heavy atom. The normalized spacial score (nSPS) is 9.00. The Hall–Kier alpha value is -0.0800. The summed E-state index contributed by atoms with van der Waals surface area (Å²) >= 11 is 0. The van der Waals surface area contributed by atoms with Gasteiger partial charge in [-0.3, -0.25) is 0 Å². The summed E-state index contributed by atoms with van der Waals surface area (Å²) in [6, 6.07) is 0. The van der Waals surface area contributed by atoms with E-state index in [2.05, 4.69) is 13.8 Å². The van der Waals surface area contributed by atoms with Crippen molar-refractivity contribution >= 4 is 0 Å². The molecule has 0 saturated heterocycles. The maximum atomic E-state index is 4.78. The molecule has 0 radical (unpaired) electrons. The van der Waals surface area contributed by atoms with Crippen molar-refractivity contribution in [3.63, 3.8) is 0 Å². The van der Waals surface area contributed by atoms with E-state index in [1.165, 1.54) is 25.7 Å². The van der Waals surface area contributed by atoms with Crippen molar-refractivity contribution in [3.8, 4) is 0 Å². The van der Waals surface area contributed by atoms with Gasteiger partial charge in [0.15, 0.2) is 0 Å². The fourth-order valence-electron chi connectivity index (χ4n) is 0.577. The van der Waals surface area contributed by atoms with Gasteiger partial charge in [0.1, 0.15) is 0 Å². The number of unbranched alkanes of at least 4 members (excludes halogenated alkanes) is 2. The topological polar surface area (TPSA) is 18.5 Å². The molecule has 0 heterocycles. The first-order chi connectivity index (χ1) is 5.83. The van der Waals surface area contributed by atoms with E-state index in [4.69, 9.17) is 9.47 Å². The average molecular weight is 176 g/mol. The molecule has 2 heteroatoms. The smallest absolute Gasteiger partial charge is 0.0462 e. The van der Waals surface area contributed by atoms with Crippen LogP contribution in [0, 0.1) is 0 Å². The van der Waals surface area contributed by atoms with Crippen LogP contribution < -0.4 is 0 Å². The predicted molar refractivity (Wildman–Crippen MR) is 53.6 cm³/mol. The van der Waals surface area contributed by atoms with Gasteiger partial charge in [-0.25, -0.2) is 0 Å². The molecule has 0 bridgehead atoms. The lowest BCUT2D eigenvalue weighted by Crippen LogP contribution is -1.84. The van der Waals surface area contributed by atoms with E-state index in [1.54, 1.807) is 14.2 Å². The zero-order valence-corrected chi connectivity index (χ0v) is 9.06. The van der Waals surface area contributed by atoms with Crippen LogP contribution in [0.1, 0.15) is 39.5 Å². The first kappa shape index (κ1) is 14.4. The second kappa shape index (κ2) is 17.1. The highest BCUT2D eigenvalue weighted by Crippen LogP contribution is 1.83. The van der Waals surface area contributed by atoms with Crippen LogP contribution in [-0.4, -0.2) is 27.4 Å². The van der Waals surface area contributed by atoms with Crippen molar-refractivity contribution in [2.75, 3.05) is 27.4 Å². The highest BCUT2D eigenvalue weighted by Gasteiger charge is 1.75. The van der Waals surface area contributed by atoms with E-state index in [1.807, 2.05) is 0 Å². The summed E-state index contributed by atoms with van der Waals surface area (Å²) < 4.78 is 9.56. The van der Waals surface area contributed by atoms with Crippen molar-refractivity contribution < 1.29 is 9.47 Å². The summed E-state index contributed by atoms with van der Waals surface area (Å²) in [5.41, 5.74) is 0. The molecule has 0 spiro atoms. The molecular weight excluding hydrogens is 152 g/mol. The lowest BCUT2D eigenvalue weighted by atomic mass is 10.4. The number of hydrogen-bond acceptors (Lipinski definition) is 2. The van der Waals surface area contributed by atoms with E-state index >= 15 is 0 Å². The van der Waals surface area contributed by atoms with Gasteiger partial charge in [-0.05, 0) is 12.8 Å². The van der Waals surface area contributed by atoms with Gasteiger partial charge in [0.05, 0.1) is 0 Å². The zero-order chi connectivity index (χ0) is 9.66. The van der Waals surface area contributed by atoms with E-state index in [9.17, 15) is 0 Å². The Bertz CT molecular complexity index is 39.8. The molecule has 0 aliphatic heterocycles. The van der Waals surface area contributed by atoms with E-state index < -0.39 is 0 Å². The molecule has 0 aliphatic carbocycles. The third kappa shape index (κ3) is 22.5. The molecule has 0 aromatic carbocycles. The molecule has 0 fully saturated rings. The molecule has 0 rings (SSSR count). The van der Waals surface area contributed by atoms with Crippen LogP contribution >= 0.6 is 0 Å². The summed E-state index contributed by atoms with van der Waals surface area (Å²) in [5, 5.41) is 0. The average Bonchev–Trinajstić information content (AvgIpc) is 2.12. The second-order valence-corrected chi connectivity index (χ2v) is 2.69. The van der Waals surface area contributed by atoms with Crippen LogP contribution in [0.25, 0.3) is 0 Å². The van der Waals surface area contributed by atoms with E-state index in [0.29, 0.717) is 0 Å². The first-order valence-electron chi connectivity index (χ1n) is 4.81. The van der Waals surface area contributed by atoms with Crippen molar-refractivity contribution in [1.82, 2.24) is 0 Å². The molecule has 0 N–H and O–H groups in total. The summed E-state index contributed by atoms with van der Waals surface area (Å²) in [4.78, 5) is 0. The Kier molecular flexibility index (Phi) is 20.6. The molecule has 0 saturated carbocycles. The molecule has 0 amide bonds. The minimum Gasteiger partial charge on any atom is -0.385 e. The van der Waals surface area contributed by atoms with Crippen LogP contribution in [-0.2, 0) is 9.47 Å². The van der Waals surface area contributed by atoms with Gasteiger partial charge < -0.3 is 9.47 Å². The Morgan fingerprint density at radius 3 is 1.17 bits per heavy atom. The van der Waals surface area contributed by atoms with Gasteiger partial charge in [0, 0.05) is 27.4 Å². The Morgan fingerprint density at radius 1 is 0.750 bits per heavy atom. The van der Waals surface area contributed by atoms with Gasteiger partial charge in [0.25, 0.3) is 0 Å². The summed E-state index contributed by atoms with van der Waals surface area (Å²) in [6.45, 7) is 6.13. The van der Waals surface area contributed by atoms with Gasteiger partial charge in [-0.2, -0.15) is 0 Å². The standard InChI is InChI=1S/2C5H12O/c2*1-3-4-5-6-2/h2*3-5H2,1-2H3. The van der Waals surface area contributed by atoms with Gasteiger partial charge in [-0.15, -0.1) is 0 Å². The fourth-order valence-corrected chi connectivity index (χ4v) is 0.577. The molecule has 0 atom stereocenters. The zero-order valence-electron chi connectivity index (χ0n) is 9.06. The Labute approximate surface area is 77.3 Å². The highest BCUT2D eigenvalue weighted by molar-refractivity contribution is 4.26. The molecular formula is C10H24O2. The molecule has 0 unspecified atom stereocenters. The van der Waals surface area contributed by atoms with Crippen molar-refractivity contribution in [2.45, 2.75) is 39.5 Å². The van der Waals surface area contributed by atoms with E-state index in [0.717, 1.165) is 13.2 Å². The summed E-state index contributed by atoms with van der Waals surface area (Å²) in [7, 11) is 3.46. The number of methoxy groups -OCH3 is 2. The van der Waals surface area contributed by atoms with Crippen molar-refractivity contribution in [1.29, 1.82) is 0 Å². The molecule has 0 aliphatic rings. The maximum Gasteiger partial charge on any atom is 0.0462 e. The SMILES string of the molecule is CCCCOC.CCCCOC. The number of hydrogen-bond donors (Lipinski definition) is 0. The predicted octanol–water partition coefficient (Wildman–Crippen LogP) is 2.87. The van der Waals surface area contributed by atoms with Gasteiger partial charge in [0.2, 0.25) is 0 Å². The lowest BCUT2D eigenvalue weighted by molar-refractivity contribution is 0.194. The monoisotopic (exact) mass is 176 g/mol. The summed E-state index contributed by atoms with van der Waals surface area (Å²) in [5.74, 6) is 0. The van der Waals surface area contributed by atoms with E-state index in [-0.39, 0.29) is 0 Å². The van der Waals surface area contributed by atoms with Crippen LogP contribution in [0.15, 0.2) is 0 Å².